The first-order valence-electron chi connectivity index (χ1n) is 6.31. The summed E-state index contributed by atoms with van der Waals surface area (Å²) < 4.78 is 5.11. The van der Waals surface area contributed by atoms with Crippen LogP contribution in [0.4, 0.5) is 0 Å². The van der Waals surface area contributed by atoms with E-state index in [1.165, 1.54) is 20.0 Å². The van der Waals surface area contributed by atoms with Gasteiger partial charge in [-0.25, -0.2) is 0 Å². The molecule has 1 aliphatic rings. The van der Waals surface area contributed by atoms with E-state index < -0.39 is 0 Å². The smallest absolute Gasteiger partial charge is 0.255 e. The number of rotatable bonds is 5. The van der Waals surface area contributed by atoms with Gasteiger partial charge in [-0.2, -0.15) is 0 Å². The van der Waals surface area contributed by atoms with Gasteiger partial charge in [0.2, 0.25) is 0 Å². The van der Waals surface area contributed by atoms with E-state index in [0.29, 0.717) is 23.9 Å². The lowest BCUT2D eigenvalue weighted by molar-refractivity contribution is 0.0949. The Morgan fingerprint density at radius 2 is 2.56 bits per heavy atom. The summed E-state index contributed by atoms with van der Waals surface area (Å²) in [5.74, 6) is 0.404. The minimum Gasteiger partial charge on any atom is -0.494 e. The van der Waals surface area contributed by atoms with Gasteiger partial charge >= 0.3 is 0 Å². The number of pyridine rings is 1. The van der Waals surface area contributed by atoms with Crippen molar-refractivity contribution >= 4 is 5.91 Å². The molecular formula is C13H19N3O2. The maximum atomic E-state index is 12.0. The summed E-state index contributed by atoms with van der Waals surface area (Å²) in [6.07, 6.45) is 6.55. The van der Waals surface area contributed by atoms with Gasteiger partial charge in [-0.1, -0.05) is 0 Å². The molecule has 2 rings (SSSR count). The normalized spacial score (nSPS) is 18.6. The molecule has 0 aromatic carbocycles. The predicted molar refractivity (Wildman–Crippen MR) is 68.8 cm³/mol. The second kappa shape index (κ2) is 6.35. The second-order valence-corrected chi connectivity index (χ2v) is 4.41. The van der Waals surface area contributed by atoms with E-state index >= 15 is 0 Å². The van der Waals surface area contributed by atoms with E-state index in [4.69, 9.17) is 4.74 Å². The van der Waals surface area contributed by atoms with Crippen LogP contribution in [0.25, 0.3) is 0 Å². The maximum absolute atomic E-state index is 12.0. The number of amides is 1. The van der Waals surface area contributed by atoms with Gasteiger partial charge in [-0.3, -0.25) is 9.78 Å². The zero-order valence-electron chi connectivity index (χ0n) is 10.6. The van der Waals surface area contributed by atoms with Crippen molar-refractivity contribution in [1.82, 2.24) is 15.6 Å². The van der Waals surface area contributed by atoms with E-state index in [9.17, 15) is 4.79 Å². The van der Waals surface area contributed by atoms with Crippen molar-refractivity contribution in [3.05, 3.63) is 24.0 Å². The second-order valence-electron chi connectivity index (χ2n) is 4.41. The molecule has 0 unspecified atom stereocenters. The fourth-order valence-corrected chi connectivity index (χ4v) is 2.19. The third-order valence-electron chi connectivity index (χ3n) is 3.19. The summed E-state index contributed by atoms with van der Waals surface area (Å²) in [6, 6.07) is 2.21. The molecule has 0 spiro atoms. The SMILES string of the molecule is COc1cnccc1C(=O)NCC[C@H]1CCCN1. The van der Waals surface area contributed by atoms with E-state index in [1.807, 2.05) is 0 Å². The third-order valence-corrected chi connectivity index (χ3v) is 3.19. The lowest BCUT2D eigenvalue weighted by Crippen LogP contribution is -2.30. The van der Waals surface area contributed by atoms with Crippen molar-refractivity contribution in [2.75, 3.05) is 20.2 Å². The first-order chi connectivity index (χ1) is 8.81. The number of carbonyl (C=O) groups is 1. The van der Waals surface area contributed by atoms with Crippen LogP contribution in [0.15, 0.2) is 18.5 Å². The monoisotopic (exact) mass is 249 g/mol. The summed E-state index contributed by atoms with van der Waals surface area (Å²) >= 11 is 0. The molecule has 18 heavy (non-hydrogen) atoms. The van der Waals surface area contributed by atoms with Crippen molar-refractivity contribution in [3.8, 4) is 5.75 Å². The van der Waals surface area contributed by atoms with Gasteiger partial charge in [0.1, 0.15) is 5.75 Å². The molecular weight excluding hydrogens is 230 g/mol. The molecule has 1 aromatic heterocycles. The van der Waals surface area contributed by atoms with Crippen LogP contribution in [-0.2, 0) is 0 Å². The van der Waals surface area contributed by atoms with Crippen molar-refractivity contribution in [3.63, 3.8) is 0 Å². The lowest BCUT2D eigenvalue weighted by Gasteiger charge is -2.11. The largest absolute Gasteiger partial charge is 0.494 e. The highest BCUT2D eigenvalue weighted by Crippen LogP contribution is 2.15. The standard InChI is InChI=1S/C13H19N3O2/c1-18-12-9-14-7-5-11(12)13(17)16-8-4-10-3-2-6-15-10/h5,7,9-10,15H,2-4,6,8H2,1H3,(H,16,17)/t10-/m1/s1. The molecule has 1 aliphatic heterocycles. The molecule has 5 heteroatoms. The van der Waals surface area contributed by atoms with Crippen LogP contribution in [-0.4, -0.2) is 37.1 Å². The Balaban J connectivity index is 1.83. The van der Waals surface area contributed by atoms with Crippen LogP contribution >= 0.6 is 0 Å². The predicted octanol–water partition coefficient (Wildman–Crippen LogP) is 0.962. The van der Waals surface area contributed by atoms with E-state index in [1.54, 1.807) is 18.5 Å². The van der Waals surface area contributed by atoms with Crippen LogP contribution < -0.4 is 15.4 Å². The topological polar surface area (TPSA) is 63.2 Å². The molecule has 0 radical (unpaired) electrons. The summed E-state index contributed by atoms with van der Waals surface area (Å²) in [6.45, 7) is 1.78. The van der Waals surface area contributed by atoms with Gasteiger partial charge < -0.3 is 15.4 Å². The zero-order valence-corrected chi connectivity index (χ0v) is 10.6. The van der Waals surface area contributed by atoms with Gasteiger partial charge in [0.05, 0.1) is 18.9 Å². The Hall–Kier alpha value is -1.62. The van der Waals surface area contributed by atoms with Crippen LogP contribution in [0.1, 0.15) is 29.6 Å². The molecule has 0 saturated carbocycles. The average Bonchev–Trinajstić information content (AvgIpc) is 2.91. The molecule has 1 atom stereocenters. The average molecular weight is 249 g/mol. The minimum atomic E-state index is -0.104. The molecule has 1 amide bonds. The number of methoxy groups -OCH3 is 1. The number of aromatic nitrogens is 1. The molecule has 0 bridgehead atoms. The molecule has 98 valence electrons. The number of nitrogens with one attached hydrogen (secondary N) is 2. The number of carbonyl (C=O) groups excluding carboxylic acids is 1. The van der Waals surface area contributed by atoms with Gasteiger partial charge in [-0.15, -0.1) is 0 Å². The third kappa shape index (κ3) is 3.20. The fraction of sp³-hybridized carbons (Fsp3) is 0.538. The highest BCUT2D eigenvalue weighted by atomic mass is 16.5. The zero-order chi connectivity index (χ0) is 12.8. The molecule has 5 nitrogen and oxygen atoms in total. The number of ether oxygens (including phenoxy) is 1. The van der Waals surface area contributed by atoms with Crippen molar-refractivity contribution in [1.29, 1.82) is 0 Å². The Morgan fingerprint density at radius 3 is 3.28 bits per heavy atom. The Bertz CT molecular complexity index is 403. The quantitative estimate of drug-likeness (QED) is 0.816. The van der Waals surface area contributed by atoms with Crippen molar-refractivity contribution in [2.45, 2.75) is 25.3 Å². The van der Waals surface area contributed by atoms with Crippen molar-refractivity contribution in [2.24, 2.45) is 0 Å². The Morgan fingerprint density at radius 1 is 1.67 bits per heavy atom. The molecule has 1 saturated heterocycles. The van der Waals surface area contributed by atoms with Crippen LogP contribution in [0.2, 0.25) is 0 Å². The minimum absolute atomic E-state index is 0.104. The lowest BCUT2D eigenvalue weighted by atomic mass is 10.1. The summed E-state index contributed by atoms with van der Waals surface area (Å²) in [5, 5.41) is 6.32. The fourth-order valence-electron chi connectivity index (χ4n) is 2.19. The van der Waals surface area contributed by atoms with Crippen LogP contribution in [0.5, 0.6) is 5.75 Å². The van der Waals surface area contributed by atoms with Gasteiger partial charge in [0.15, 0.2) is 0 Å². The Kier molecular flexibility index (Phi) is 4.52. The first kappa shape index (κ1) is 12.8. The first-order valence-corrected chi connectivity index (χ1v) is 6.31. The van der Waals surface area contributed by atoms with E-state index in [0.717, 1.165) is 13.0 Å². The Labute approximate surface area is 107 Å². The number of hydrogen-bond acceptors (Lipinski definition) is 4. The van der Waals surface area contributed by atoms with Gasteiger partial charge in [-0.05, 0) is 31.9 Å². The molecule has 1 aromatic rings. The molecule has 2 heterocycles. The highest BCUT2D eigenvalue weighted by molar-refractivity contribution is 5.96. The van der Waals surface area contributed by atoms with Gasteiger partial charge in [0, 0.05) is 18.8 Å². The van der Waals surface area contributed by atoms with Gasteiger partial charge in [0.25, 0.3) is 5.91 Å². The number of hydrogen-bond donors (Lipinski definition) is 2. The van der Waals surface area contributed by atoms with Crippen LogP contribution in [0, 0.1) is 0 Å². The van der Waals surface area contributed by atoms with Crippen molar-refractivity contribution < 1.29 is 9.53 Å². The summed E-state index contributed by atoms with van der Waals surface area (Å²) in [5.41, 5.74) is 0.534. The highest BCUT2D eigenvalue weighted by Gasteiger charge is 2.15. The number of nitrogens with zero attached hydrogens (tertiary/aromatic N) is 1. The summed E-state index contributed by atoms with van der Waals surface area (Å²) in [7, 11) is 1.54. The van der Waals surface area contributed by atoms with E-state index in [2.05, 4.69) is 15.6 Å². The molecule has 1 fully saturated rings. The molecule has 2 N–H and O–H groups in total. The van der Waals surface area contributed by atoms with Crippen LogP contribution in [0.3, 0.4) is 0 Å². The maximum Gasteiger partial charge on any atom is 0.255 e. The summed E-state index contributed by atoms with van der Waals surface area (Å²) in [4.78, 5) is 15.9. The molecule has 0 aliphatic carbocycles. The van der Waals surface area contributed by atoms with E-state index in [-0.39, 0.29) is 5.91 Å².